The Balaban J connectivity index is 2.98. The number of anilines is 1. The van der Waals surface area contributed by atoms with E-state index in [0.29, 0.717) is 16.8 Å². The van der Waals surface area contributed by atoms with Crippen molar-refractivity contribution in [3.8, 4) is 0 Å². The van der Waals surface area contributed by atoms with Crippen molar-refractivity contribution >= 4 is 35.1 Å². The molecule has 0 aliphatic carbocycles. The molecule has 20 heavy (non-hydrogen) atoms. The van der Waals surface area contributed by atoms with Gasteiger partial charge in [0.25, 0.3) is 0 Å². The average molecular weight is 291 g/mol. The van der Waals surface area contributed by atoms with Crippen LogP contribution in [0.25, 0.3) is 0 Å². The third-order valence-corrected chi connectivity index (χ3v) is 3.47. The first-order valence-corrected chi connectivity index (χ1v) is 7.51. The molecule has 1 aromatic carbocycles. The fourth-order valence-electron chi connectivity index (χ4n) is 1.56. The molecular formula is C15H21N3OS. The smallest absolute Gasteiger partial charge is 0.190 e. The highest BCUT2D eigenvalue weighted by molar-refractivity contribution is 8.14. The minimum atomic E-state index is 0.347. The Labute approximate surface area is 125 Å². The lowest BCUT2D eigenvalue weighted by molar-refractivity contribution is -0.105. The van der Waals surface area contributed by atoms with Gasteiger partial charge in [0, 0.05) is 18.9 Å². The molecule has 0 heterocycles. The number of hydrogen-bond donors (Lipinski definition) is 0. The van der Waals surface area contributed by atoms with Crippen molar-refractivity contribution in [3.63, 3.8) is 0 Å². The maximum atomic E-state index is 10.6. The van der Waals surface area contributed by atoms with Gasteiger partial charge in [-0.2, -0.15) is 5.10 Å². The summed E-state index contributed by atoms with van der Waals surface area (Å²) >= 11 is 1.38. The number of nitrogens with zero attached hydrogens (tertiary/aromatic N) is 3. The van der Waals surface area contributed by atoms with E-state index >= 15 is 0 Å². The third kappa shape index (κ3) is 5.17. The number of amidine groups is 1. The molecule has 108 valence electrons. The van der Waals surface area contributed by atoms with Crippen LogP contribution in [0, 0.1) is 12.8 Å². The highest BCUT2D eigenvalue weighted by atomic mass is 32.2. The molecule has 0 N–H and O–H groups in total. The van der Waals surface area contributed by atoms with Crippen LogP contribution in [0.3, 0.4) is 0 Å². The van der Waals surface area contributed by atoms with Gasteiger partial charge < -0.3 is 9.69 Å². The molecule has 1 aromatic rings. The lowest BCUT2D eigenvalue weighted by Crippen LogP contribution is -2.24. The molecule has 0 saturated heterocycles. The summed E-state index contributed by atoms with van der Waals surface area (Å²) in [7, 11) is 1.93. The number of aldehydes is 1. The lowest BCUT2D eigenvalue weighted by Gasteiger charge is -2.21. The van der Waals surface area contributed by atoms with Crippen LogP contribution in [0.4, 0.5) is 5.69 Å². The minimum absolute atomic E-state index is 0.347. The zero-order chi connectivity index (χ0) is 15.0. The van der Waals surface area contributed by atoms with Crippen LogP contribution < -0.4 is 4.90 Å². The van der Waals surface area contributed by atoms with Gasteiger partial charge in [-0.05, 0) is 24.5 Å². The molecule has 0 fully saturated rings. The van der Waals surface area contributed by atoms with Gasteiger partial charge in [0.05, 0.1) is 5.75 Å². The van der Waals surface area contributed by atoms with Crippen molar-refractivity contribution in [2.45, 2.75) is 20.8 Å². The molecule has 1 rings (SSSR count). The van der Waals surface area contributed by atoms with Gasteiger partial charge >= 0.3 is 0 Å². The highest BCUT2D eigenvalue weighted by Crippen LogP contribution is 2.21. The van der Waals surface area contributed by atoms with Gasteiger partial charge in [0.2, 0.25) is 0 Å². The quantitative estimate of drug-likeness (QED) is 0.362. The van der Waals surface area contributed by atoms with Crippen molar-refractivity contribution in [2.24, 2.45) is 16.1 Å². The summed E-state index contributed by atoms with van der Waals surface area (Å²) in [4.78, 5) is 12.5. The van der Waals surface area contributed by atoms with Crippen LogP contribution in [0.2, 0.25) is 0 Å². The Morgan fingerprint density at radius 1 is 1.40 bits per heavy atom. The third-order valence-electron chi connectivity index (χ3n) is 2.55. The van der Waals surface area contributed by atoms with Crippen molar-refractivity contribution in [3.05, 3.63) is 29.8 Å². The standard InChI is InChI=1S/C15H21N3OS/c1-12(2)11-16-17-15(20-10-9-19)18(4)14-8-6-5-7-13(14)3/h5-9,11-12H,10H2,1-4H3/b16-11+,17-15-. The van der Waals surface area contributed by atoms with Gasteiger partial charge in [0.15, 0.2) is 5.17 Å². The number of carbonyl (C=O) groups is 1. The van der Waals surface area contributed by atoms with E-state index in [1.807, 2.05) is 57.0 Å². The fraction of sp³-hybridized carbons (Fsp3) is 0.400. The molecule has 0 bridgehead atoms. The first-order valence-electron chi connectivity index (χ1n) is 6.53. The molecule has 0 spiro atoms. The zero-order valence-electron chi connectivity index (χ0n) is 12.4. The summed E-state index contributed by atoms with van der Waals surface area (Å²) in [5, 5.41) is 9.03. The van der Waals surface area contributed by atoms with Gasteiger partial charge in [-0.3, -0.25) is 0 Å². The van der Waals surface area contributed by atoms with Gasteiger partial charge in [-0.25, -0.2) is 0 Å². The molecule has 0 atom stereocenters. The lowest BCUT2D eigenvalue weighted by atomic mass is 10.2. The summed E-state index contributed by atoms with van der Waals surface area (Å²) in [5.41, 5.74) is 2.21. The summed E-state index contributed by atoms with van der Waals surface area (Å²) < 4.78 is 0. The number of thioether (sulfide) groups is 1. The number of hydrogen-bond acceptors (Lipinski definition) is 4. The van der Waals surface area contributed by atoms with E-state index < -0.39 is 0 Å². The normalized spacial score (nSPS) is 12.2. The highest BCUT2D eigenvalue weighted by Gasteiger charge is 2.11. The molecule has 0 unspecified atom stereocenters. The Hall–Kier alpha value is -1.62. The first-order chi connectivity index (χ1) is 9.56. The van der Waals surface area contributed by atoms with E-state index in [9.17, 15) is 4.79 Å². The van der Waals surface area contributed by atoms with Crippen LogP contribution in [0.5, 0.6) is 0 Å². The van der Waals surface area contributed by atoms with Crippen LogP contribution in [-0.2, 0) is 4.79 Å². The number of carbonyl (C=O) groups excluding carboxylic acids is 1. The number of benzene rings is 1. The molecule has 0 aliphatic rings. The molecule has 0 saturated carbocycles. The van der Waals surface area contributed by atoms with E-state index in [0.717, 1.165) is 17.5 Å². The summed E-state index contributed by atoms with van der Waals surface area (Å²) in [6.07, 6.45) is 2.66. The minimum Gasteiger partial charge on any atom is -0.322 e. The Kier molecular flexibility index (Phi) is 7.01. The summed E-state index contributed by atoms with van der Waals surface area (Å²) in [6.45, 7) is 6.13. The Bertz CT molecular complexity index is 498. The maximum absolute atomic E-state index is 10.6. The van der Waals surface area contributed by atoms with Crippen LogP contribution in [0.15, 0.2) is 34.5 Å². The molecule has 0 amide bonds. The van der Waals surface area contributed by atoms with Crippen molar-refractivity contribution in [1.29, 1.82) is 0 Å². The van der Waals surface area contributed by atoms with E-state index in [4.69, 9.17) is 0 Å². The predicted octanol–water partition coefficient (Wildman–Crippen LogP) is 3.36. The number of para-hydroxylation sites is 1. The van der Waals surface area contributed by atoms with E-state index in [2.05, 4.69) is 10.2 Å². The van der Waals surface area contributed by atoms with Crippen molar-refractivity contribution in [1.82, 2.24) is 0 Å². The van der Waals surface area contributed by atoms with Gasteiger partial charge in [0.1, 0.15) is 6.29 Å². The molecule has 5 heteroatoms. The van der Waals surface area contributed by atoms with Gasteiger partial charge in [-0.15, -0.1) is 5.10 Å². The summed E-state index contributed by atoms with van der Waals surface area (Å²) in [6, 6.07) is 8.06. The largest absolute Gasteiger partial charge is 0.322 e. The second-order valence-corrected chi connectivity index (χ2v) is 5.70. The van der Waals surface area contributed by atoms with E-state index in [1.54, 1.807) is 6.21 Å². The molecule has 0 aliphatic heterocycles. The van der Waals surface area contributed by atoms with E-state index in [1.165, 1.54) is 11.8 Å². The first kappa shape index (κ1) is 16.4. The monoisotopic (exact) mass is 291 g/mol. The van der Waals surface area contributed by atoms with E-state index in [-0.39, 0.29) is 0 Å². The Morgan fingerprint density at radius 3 is 2.70 bits per heavy atom. The predicted molar refractivity (Wildman–Crippen MR) is 88.9 cm³/mol. The SMILES string of the molecule is Cc1ccccc1N(C)/C(=N/N=C/C(C)C)SCC=O. The number of rotatable bonds is 5. The topological polar surface area (TPSA) is 45.0 Å². The summed E-state index contributed by atoms with van der Waals surface area (Å²) in [5.74, 6) is 0.714. The van der Waals surface area contributed by atoms with Crippen LogP contribution >= 0.6 is 11.8 Å². The van der Waals surface area contributed by atoms with Crippen molar-refractivity contribution in [2.75, 3.05) is 17.7 Å². The molecular weight excluding hydrogens is 270 g/mol. The second kappa shape index (κ2) is 8.53. The average Bonchev–Trinajstić information content (AvgIpc) is 2.42. The maximum Gasteiger partial charge on any atom is 0.190 e. The number of aryl methyl sites for hydroxylation is 1. The van der Waals surface area contributed by atoms with Crippen LogP contribution in [-0.4, -0.2) is 30.5 Å². The molecule has 4 nitrogen and oxygen atoms in total. The molecule has 0 radical (unpaired) electrons. The Morgan fingerprint density at radius 2 is 2.10 bits per heavy atom. The zero-order valence-corrected chi connectivity index (χ0v) is 13.2. The van der Waals surface area contributed by atoms with Gasteiger partial charge in [-0.1, -0.05) is 43.8 Å². The second-order valence-electron chi connectivity index (χ2n) is 4.71. The molecule has 0 aromatic heterocycles. The fourth-order valence-corrected chi connectivity index (χ4v) is 2.17. The van der Waals surface area contributed by atoms with Crippen molar-refractivity contribution < 1.29 is 4.79 Å². The van der Waals surface area contributed by atoms with Crippen LogP contribution in [0.1, 0.15) is 19.4 Å².